The third kappa shape index (κ3) is 1.77. The molecular formula is C14H14N2O2S. The molecule has 1 aromatic carbocycles. The minimum absolute atomic E-state index is 0.457. The summed E-state index contributed by atoms with van der Waals surface area (Å²) in [6.45, 7) is 0. The number of rotatable bonds is 2. The highest BCUT2D eigenvalue weighted by molar-refractivity contribution is 7.18. The SMILES string of the molecule is COc1ccc2c(c1)-c1sc(C(N)=O)c(N)c1CC2. The normalized spacial score (nSPS) is 12.7. The molecule has 0 saturated carbocycles. The van der Waals surface area contributed by atoms with Gasteiger partial charge in [-0.3, -0.25) is 4.79 Å². The van der Waals surface area contributed by atoms with Crippen molar-refractivity contribution in [2.45, 2.75) is 12.8 Å². The molecule has 98 valence electrons. The second-order valence-electron chi connectivity index (χ2n) is 4.54. The molecule has 5 heteroatoms. The molecule has 2 aromatic rings. The van der Waals surface area contributed by atoms with Gasteiger partial charge in [-0.1, -0.05) is 6.07 Å². The largest absolute Gasteiger partial charge is 0.497 e. The Balaban J connectivity index is 2.23. The molecule has 1 amide bonds. The van der Waals surface area contributed by atoms with Crippen molar-refractivity contribution in [2.24, 2.45) is 5.73 Å². The molecule has 0 radical (unpaired) electrons. The predicted molar refractivity (Wildman–Crippen MR) is 76.6 cm³/mol. The van der Waals surface area contributed by atoms with Gasteiger partial charge in [0.2, 0.25) is 0 Å². The lowest BCUT2D eigenvalue weighted by Crippen LogP contribution is -2.11. The van der Waals surface area contributed by atoms with Gasteiger partial charge in [0, 0.05) is 4.88 Å². The summed E-state index contributed by atoms with van der Waals surface area (Å²) in [5, 5.41) is 0. The number of primary amides is 1. The summed E-state index contributed by atoms with van der Waals surface area (Å²) < 4.78 is 5.26. The average Bonchev–Trinajstić information content (AvgIpc) is 2.76. The van der Waals surface area contributed by atoms with Gasteiger partial charge >= 0.3 is 0 Å². The molecule has 1 aliphatic rings. The van der Waals surface area contributed by atoms with E-state index in [-0.39, 0.29) is 0 Å². The Labute approximate surface area is 115 Å². The number of nitrogen functional groups attached to an aromatic ring is 1. The first-order valence-electron chi connectivity index (χ1n) is 6.00. The van der Waals surface area contributed by atoms with Gasteiger partial charge in [0.15, 0.2) is 0 Å². The number of ether oxygens (including phenoxy) is 1. The van der Waals surface area contributed by atoms with E-state index in [9.17, 15) is 4.79 Å². The molecule has 0 bridgehead atoms. The van der Waals surface area contributed by atoms with Crippen molar-refractivity contribution in [3.05, 3.63) is 34.2 Å². The molecule has 3 rings (SSSR count). The smallest absolute Gasteiger partial charge is 0.260 e. The maximum absolute atomic E-state index is 11.4. The van der Waals surface area contributed by atoms with Gasteiger partial charge in [-0.05, 0) is 41.7 Å². The van der Waals surface area contributed by atoms with E-state index in [4.69, 9.17) is 16.2 Å². The molecule has 1 heterocycles. The van der Waals surface area contributed by atoms with Crippen LogP contribution >= 0.6 is 11.3 Å². The number of nitrogens with two attached hydrogens (primary N) is 2. The zero-order valence-corrected chi connectivity index (χ0v) is 11.3. The molecule has 0 atom stereocenters. The van der Waals surface area contributed by atoms with Crippen LogP contribution in [0.15, 0.2) is 18.2 Å². The Morgan fingerprint density at radius 2 is 2.16 bits per heavy atom. The van der Waals surface area contributed by atoms with Gasteiger partial charge in [-0.25, -0.2) is 0 Å². The number of thiophene rings is 1. The van der Waals surface area contributed by atoms with Crippen LogP contribution in [0.2, 0.25) is 0 Å². The summed E-state index contributed by atoms with van der Waals surface area (Å²) in [5.41, 5.74) is 15.3. The molecule has 19 heavy (non-hydrogen) atoms. The number of amides is 1. The number of hydrogen-bond acceptors (Lipinski definition) is 4. The standard InChI is InChI=1S/C14H14N2O2S/c1-18-8-4-2-7-3-5-9-11(15)13(14(16)17)19-12(9)10(7)6-8/h2,4,6H,3,5,15H2,1H3,(H2,16,17). The second kappa shape index (κ2) is 4.28. The molecule has 4 N–H and O–H groups in total. The molecule has 1 aromatic heterocycles. The van der Waals surface area contributed by atoms with E-state index in [0.717, 1.165) is 34.6 Å². The monoisotopic (exact) mass is 274 g/mol. The van der Waals surface area contributed by atoms with Gasteiger partial charge in [-0.15, -0.1) is 11.3 Å². The molecule has 4 nitrogen and oxygen atoms in total. The van der Waals surface area contributed by atoms with E-state index in [0.29, 0.717) is 10.6 Å². The highest BCUT2D eigenvalue weighted by Gasteiger charge is 2.25. The van der Waals surface area contributed by atoms with Gasteiger partial charge < -0.3 is 16.2 Å². The van der Waals surface area contributed by atoms with Gasteiger partial charge in [0.25, 0.3) is 5.91 Å². The van der Waals surface area contributed by atoms with E-state index in [2.05, 4.69) is 6.07 Å². The van der Waals surface area contributed by atoms with Crippen molar-refractivity contribution in [2.75, 3.05) is 12.8 Å². The summed E-state index contributed by atoms with van der Waals surface area (Å²) in [4.78, 5) is 12.9. The maximum atomic E-state index is 11.4. The molecule has 0 aliphatic heterocycles. The lowest BCUT2D eigenvalue weighted by molar-refractivity contribution is 0.100. The summed E-state index contributed by atoms with van der Waals surface area (Å²) in [7, 11) is 1.64. The van der Waals surface area contributed by atoms with E-state index < -0.39 is 5.91 Å². The molecule has 0 spiro atoms. The first-order valence-corrected chi connectivity index (χ1v) is 6.81. The number of methoxy groups -OCH3 is 1. The fourth-order valence-electron chi connectivity index (χ4n) is 2.50. The van der Waals surface area contributed by atoms with Crippen LogP contribution in [0.3, 0.4) is 0 Å². The van der Waals surface area contributed by atoms with Crippen LogP contribution in [0.1, 0.15) is 20.8 Å². The van der Waals surface area contributed by atoms with Gasteiger partial charge in [-0.2, -0.15) is 0 Å². The number of anilines is 1. The van der Waals surface area contributed by atoms with Crippen LogP contribution in [0.25, 0.3) is 10.4 Å². The van der Waals surface area contributed by atoms with Crippen molar-refractivity contribution in [1.29, 1.82) is 0 Å². The third-order valence-electron chi connectivity index (χ3n) is 3.48. The van der Waals surface area contributed by atoms with Crippen LogP contribution < -0.4 is 16.2 Å². The minimum Gasteiger partial charge on any atom is -0.497 e. The highest BCUT2D eigenvalue weighted by atomic mass is 32.1. The second-order valence-corrected chi connectivity index (χ2v) is 5.56. The number of aryl methyl sites for hydroxylation is 1. The topological polar surface area (TPSA) is 78.3 Å². The Hall–Kier alpha value is -2.01. The van der Waals surface area contributed by atoms with Crippen LogP contribution in [0.5, 0.6) is 5.75 Å². The molecule has 0 unspecified atom stereocenters. The number of carbonyl (C=O) groups is 1. The molecular weight excluding hydrogens is 260 g/mol. The fraction of sp³-hybridized carbons (Fsp3) is 0.214. The minimum atomic E-state index is -0.457. The molecule has 0 fully saturated rings. The summed E-state index contributed by atoms with van der Waals surface area (Å²) >= 11 is 1.38. The van der Waals surface area contributed by atoms with Gasteiger partial charge in [0.05, 0.1) is 12.8 Å². The zero-order valence-electron chi connectivity index (χ0n) is 10.5. The molecule has 1 aliphatic carbocycles. The number of hydrogen-bond donors (Lipinski definition) is 2. The highest BCUT2D eigenvalue weighted by Crippen LogP contribution is 2.44. The van der Waals surface area contributed by atoms with Crippen molar-refractivity contribution in [1.82, 2.24) is 0 Å². The van der Waals surface area contributed by atoms with Crippen LogP contribution in [-0.2, 0) is 12.8 Å². The lowest BCUT2D eigenvalue weighted by atomic mass is 9.90. The third-order valence-corrected chi connectivity index (χ3v) is 4.77. The first-order chi connectivity index (χ1) is 9.11. The van der Waals surface area contributed by atoms with Gasteiger partial charge in [0.1, 0.15) is 10.6 Å². The Kier molecular flexibility index (Phi) is 2.71. The van der Waals surface area contributed by atoms with Crippen LogP contribution in [0.4, 0.5) is 5.69 Å². The first kappa shape index (κ1) is 12.0. The van der Waals surface area contributed by atoms with Crippen molar-refractivity contribution >= 4 is 22.9 Å². The molecule has 0 saturated heterocycles. The summed E-state index contributed by atoms with van der Waals surface area (Å²) in [5.74, 6) is 0.348. The summed E-state index contributed by atoms with van der Waals surface area (Å²) in [6, 6.07) is 6.01. The van der Waals surface area contributed by atoms with Crippen LogP contribution in [-0.4, -0.2) is 13.0 Å². The maximum Gasteiger partial charge on any atom is 0.260 e. The number of carbonyl (C=O) groups excluding carboxylic acids is 1. The predicted octanol–water partition coefficient (Wildman–Crippen LogP) is 2.20. The number of benzene rings is 1. The summed E-state index contributed by atoms with van der Waals surface area (Å²) in [6.07, 6.45) is 1.77. The quantitative estimate of drug-likeness (QED) is 0.881. The van der Waals surface area contributed by atoms with Crippen molar-refractivity contribution < 1.29 is 9.53 Å². The van der Waals surface area contributed by atoms with E-state index in [1.165, 1.54) is 16.9 Å². The number of fused-ring (bicyclic) bond motifs is 3. The van der Waals surface area contributed by atoms with E-state index >= 15 is 0 Å². The average molecular weight is 274 g/mol. The zero-order chi connectivity index (χ0) is 13.6. The lowest BCUT2D eigenvalue weighted by Gasteiger charge is -2.17. The van der Waals surface area contributed by atoms with Crippen molar-refractivity contribution in [3.63, 3.8) is 0 Å². The Bertz CT molecular complexity index is 676. The fourth-order valence-corrected chi connectivity index (χ4v) is 3.67. The van der Waals surface area contributed by atoms with E-state index in [1.807, 2.05) is 12.1 Å². The van der Waals surface area contributed by atoms with E-state index in [1.54, 1.807) is 7.11 Å². The Morgan fingerprint density at radius 1 is 1.37 bits per heavy atom. The van der Waals surface area contributed by atoms with Crippen LogP contribution in [0, 0.1) is 0 Å². The Morgan fingerprint density at radius 3 is 2.84 bits per heavy atom. The van der Waals surface area contributed by atoms with Crippen molar-refractivity contribution in [3.8, 4) is 16.2 Å².